The summed E-state index contributed by atoms with van der Waals surface area (Å²) in [5, 5.41) is 0. The predicted molar refractivity (Wildman–Crippen MR) is 129 cm³/mol. The van der Waals surface area contributed by atoms with Crippen LogP contribution >= 0.6 is 0 Å². The Morgan fingerprint density at radius 1 is 0.939 bits per heavy atom. The average molecular weight is 448 g/mol. The molecule has 0 atom stereocenters. The fourth-order valence-corrected chi connectivity index (χ4v) is 4.62. The zero-order chi connectivity index (χ0) is 23.4. The molecule has 2 amide bonds. The van der Waals surface area contributed by atoms with Crippen molar-refractivity contribution in [2.24, 2.45) is 0 Å². The summed E-state index contributed by atoms with van der Waals surface area (Å²) in [5.74, 6) is -0.386. The molecule has 0 bridgehead atoms. The highest BCUT2D eigenvalue weighted by molar-refractivity contribution is 6.35. The SMILES string of the molecule is CCN(Cc1ccccc1)C1=C(c2ccc(C)cc2C)C(=O)N(CCN2CCOCC2)C1=O. The summed E-state index contributed by atoms with van der Waals surface area (Å²) in [5.41, 5.74) is 5.14. The first-order valence-corrected chi connectivity index (χ1v) is 11.8. The van der Waals surface area contributed by atoms with Gasteiger partial charge in [-0.25, -0.2) is 0 Å². The lowest BCUT2D eigenvalue weighted by Crippen LogP contribution is -2.44. The van der Waals surface area contributed by atoms with Crippen LogP contribution in [0, 0.1) is 13.8 Å². The van der Waals surface area contributed by atoms with Gasteiger partial charge in [0.1, 0.15) is 5.70 Å². The van der Waals surface area contributed by atoms with E-state index in [2.05, 4.69) is 23.1 Å². The Balaban J connectivity index is 1.68. The smallest absolute Gasteiger partial charge is 0.277 e. The Hall–Kier alpha value is -2.96. The van der Waals surface area contributed by atoms with E-state index < -0.39 is 0 Å². The number of nitrogens with zero attached hydrogens (tertiary/aromatic N) is 3. The van der Waals surface area contributed by atoms with Crippen LogP contribution in [0.15, 0.2) is 54.2 Å². The number of hydrogen-bond acceptors (Lipinski definition) is 5. The normalized spacial score (nSPS) is 17.2. The number of imide groups is 1. The van der Waals surface area contributed by atoms with Gasteiger partial charge in [-0.1, -0.05) is 54.1 Å². The maximum Gasteiger partial charge on any atom is 0.277 e. The van der Waals surface area contributed by atoms with E-state index in [9.17, 15) is 9.59 Å². The molecule has 174 valence electrons. The van der Waals surface area contributed by atoms with E-state index >= 15 is 0 Å². The fraction of sp³-hybridized carbons (Fsp3) is 0.407. The first kappa shape index (κ1) is 23.2. The third-order valence-electron chi connectivity index (χ3n) is 6.45. The van der Waals surface area contributed by atoms with Gasteiger partial charge in [-0.2, -0.15) is 0 Å². The van der Waals surface area contributed by atoms with Crippen LogP contribution in [-0.4, -0.2) is 72.5 Å². The highest BCUT2D eigenvalue weighted by Crippen LogP contribution is 2.34. The molecular formula is C27H33N3O3. The van der Waals surface area contributed by atoms with E-state index in [0.29, 0.717) is 50.7 Å². The topological polar surface area (TPSA) is 53.1 Å². The van der Waals surface area contributed by atoms with Crippen LogP contribution < -0.4 is 0 Å². The summed E-state index contributed by atoms with van der Waals surface area (Å²) >= 11 is 0. The molecule has 4 rings (SSSR count). The predicted octanol–water partition coefficient (Wildman–Crippen LogP) is 3.24. The number of benzene rings is 2. The van der Waals surface area contributed by atoms with E-state index in [1.165, 1.54) is 4.90 Å². The van der Waals surface area contributed by atoms with Gasteiger partial charge in [0.2, 0.25) is 0 Å². The number of ether oxygens (including phenoxy) is 1. The molecule has 0 spiro atoms. The zero-order valence-corrected chi connectivity index (χ0v) is 19.8. The van der Waals surface area contributed by atoms with Crippen LogP contribution in [0.1, 0.15) is 29.2 Å². The molecule has 33 heavy (non-hydrogen) atoms. The van der Waals surface area contributed by atoms with Crippen molar-refractivity contribution in [3.8, 4) is 0 Å². The summed E-state index contributed by atoms with van der Waals surface area (Å²) in [6, 6.07) is 16.1. The van der Waals surface area contributed by atoms with E-state index in [4.69, 9.17) is 4.74 Å². The van der Waals surface area contributed by atoms with Gasteiger partial charge in [-0.05, 0) is 37.5 Å². The second-order valence-electron chi connectivity index (χ2n) is 8.76. The number of rotatable bonds is 8. The van der Waals surface area contributed by atoms with Crippen molar-refractivity contribution in [3.63, 3.8) is 0 Å². The van der Waals surface area contributed by atoms with Gasteiger partial charge in [-0.3, -0.25) is 19.4 Å². The van der Waals surface area contributed by atoms with Crippen molar-refractivity contribution < 1.29 is 14.3 Å². The van der Waals surface area contributed by atoms with E-state index in [0.717, 1.165) is 35.3 Å². The number of hydrogen-bond donors (Lipinski definition) is 0. The molecular weight excluding hydrogens is 414 g/mol. The lowest BCUT2D eigenvalue weighted by Gasteiger charge is -2.28. The Kier molecular flexibility index (Phi) is 7.26. The largest absolute Gasteiger partial charge is 0.379 e. The lowest BCUT2D eigenvalue weighted by atomic mass is 9.97. The number of aryl methyl sites for hydroxylation is 2. The minimum atomic E-state index is -0.194. The van der Waals surface area contributed by atoms with Crippen molar-refractivity contribution in [2.75, 3.05) is 45.9 Å². The molecule has 0 radical (unpaired) electrons. The van der Waals surface area contributed by atoms with Crippen LogP contribution in [0.2, 0.25) is 0 Å². The van der Waals surface area contributed by atoms with Crippen LogP contribution in [-0.2, 0) is 20.9 Å². The third kappa shape index (κ3) is 5.02. The Labute approximate surface area is 196 Å². The molecule has 2 aromatic rings. The summed E-state index contributed by atoms with van der Waals surface area (Å²) in [4.78, 5) is 33.1. The zero-order valence-electron chi connectivity index (χ0n) is 19.8. The van der Waals surface area contributed by atoms with Crippen LogP contribution in [0.25, 0.3) is 5.57 Å². The number of morpholine rings is 1. The van der Waals surface area contributed by atoms with Gasteiger partial charge in [-0.15, -0.1) is 0 Å². The molecule has 2 aromatic carbocycles. The molecule has 1 saturated heterocycles. The first-order valence-electron chi connectivity index (χ1n) is 11.8. The number of likely N-dealkylation sites (N-methyl/N-ethyl adjacent to an activating group) is 1. The third-order valence-corrected chi connectivity index (χ3v) is 6.45. The monoisotopic (exact) mass is 447 g/mol. The highest BCUT2D eigenvalue weighted by Gasteiger charge is 2.41. The molecule has 0 saturated carbocycles. The van der Waals surface area contributed by atoms with Crippen molar-refractivity contribution in [1.29, 1.82) is 0 Å². The van der Waals surface area contributed by atoms with E-state index in [1.54, 1.807) is 0 Å². The van der Waals surface area contributed by atoms with Gasteiger partial charge in [0.15, 0.2) is 0 Å². The van der Waals surface area contributed by atoms with Gasteiger partial charge >= 0.3 is 0 Å². The minimum Gasteiger partial charge on any atom is -0.379 e. The molecule has 0 aromatic heterocycles. The first-order chi connectivity index (χ1) is 16.0. The lowest BCUT2D eigenvalue weighted by molar-refractivity contribution is -0.138. The van der Waals surface area contributed by atoms with E-state index in [1.807, 2.05) is 56.0 Å². The van der Waals surface area contributed by atoms with Crippen LogP contribution in [0.5, 0.6) is 0 Å². The van der Waals surface area contributed by atoms with Gasteiger partial charge in [0.25, 0.3) is 11.8 Å². The Bertz CT molecular complexity index is 1040. The maximum atomic E-state index is 13.7. The van der Waals surface area contributed by atoms with Crippen molar-refractivity contribution in [1.82, 2.24) is 14.7 Å². The molecule has 2 aliphatic heterocycles. The second kappa shape index (κ2) is 10.3. The number of amides is 2. The molecule has 6 nitrogen and oxygen atoms in total. The minimum absolute atomic E-state index is 0.193. The number of carbonyl (C=O) groups excluding carboxylic acids is 2. The number of carbonyl (C=O) groups is 2. The van der Waals surface area contributed by atoms with Crippen LogP contribution in [0.4, 0.5) is 0 Å². The molecule has 2 aliphatic rings. The van der Waals surface area contributed by atoms with Crippen molar-refractivity contribution in [3.05, 3.63) is 76.5 Å². The quantitative estimate of drug-likeness (QED) is 0.582. The van der Waals surface area contributed by atoms with E-state index in [-0.39, 0.29) is 11.8 Å². The van der Waals surface area contributed by atoms with Gasteiger partial charge < -0.3 is 9.64 Å². The van der Waals surface area contributed by atoms with Crippen LogP contribution in [0.3, 0.4) is 0 Å². The Morgan fingerprint density at radius 3 is 2.33 bits per heavy atom. The Morgan fingerprint density at radius 2 is 1.67 bits per heavy atom. The highest BCUT2D eigenvalue weighted by atomic mass is 16.5. The van der Waals surface area contributed by atoms with Gasteiger partial charge in [0.05, 0.1) is 18.8 Å². The molecule has 0 unspecified atom stereocenters. The maximum absolute atomic E-state index is 13.7. The summed E-state index contributed by atoms with van der Waals surface area (Å²) in [6.45, 7) is 11.4. The fourth-order valence-electron chi connectivity index (χ4n) is 4.62. The summed E-state index contributed by atoms with van der Waals surface area (Å²) in [7, 11) is 0. The average Bonchev–Trinajstić information content (AvgIpc) is 3.07. The molecule has 0 N–H and O–H groups in total. The summed E-state index contributed by atoms with van der Waals surface area (Å²) in [6.07, 6.45) is 0. The molecule has 0 aliphatic carbocycles. The summed E-state index contributed by atoms with van der Waals surface area (Å²) < 4.78 is 5.43. The molecule has 1 fully saturated rings. The van der Waals surface area contributed by atoms with Crippen molar-refractivity contribution in [2.45, 2.75) is 27.3 Å². The second-order valence-corrected chi connectivity index (χ2v) is 8.76. The molecule has 6 heteroatoms. The molecule has 2 heterocycles. The van der Waals surface area contributed by atoms with Gasteiger partial charge in [0, 0.05) is 39.3 Å². The standard InChI is InChI=1S/C27H33N3O3/c1-4-29(19-22-8-6-5-7-9-22)25-24(23-11-10-20(2)18-21(23)3)26(31)30(27(25)32)13-12-28-14-16-33-17-15-28/h5-11,18H,4,12-17,19H2,1-3H3. The van der Waals surface area contributed by atoms with Crippen molar-refractivity contribution >= 4 is 17.4 Å².